The van der Waals surface area contributed by atoms with Gasteiger partial charge in [0.15, 0.2) is 0 Å². The van der Waals surface area contributed by atoms with Crippen LogP contribution >= 0.6 is 22.9 Å². The lowest BCUT2D eigenvalue weighted by Crippen LogP contribution is -2.26. The molecule has 1 saturated heterocycles. The first-order valence-corrected chi connectivity index (χ1v) is 6.57. The molecule has 4 heteroatoms. The van der Waals surface area contributed by atoms with Gasteiger partial charge in [-0.15, -0.1) is 11.3 Å². The minimum atomic E-state index is 0.824. The van der Waals surface area contributed by atoms with Crippen LogP contribution in [-0.2, 0) is 6.54 Å². The van der Waals surface area contributed by atoms with Crippen LogP contribution in [0.4, 0.5) is 0 Å². The predicted octanol–water partition coefficient (Wildman–Crippen LogP) is 2.44. The number of hydrogen-bond acceptors (Lipinski definition) is 3. The highest BCUT2D eigenvalue weighted by molar-refractivity contribution is 7.16. The molecule has 1 aromatic rings. The Labute approximate surface area is 100 Å². The van der Waals surface area contributed by atoms with Crippen molar-refractivity contribution >= 4 is 22.9 Å². The molecule has 0 radical (unpaired) electrons. The van der Waals surface area contributed by atoms with Crippen LogP contribution in [0.3, 0.4) is 0 Å². The molecule has 0 amide bonds. The number of rotatable bonds is 4. The third kappa shape index (κ3) is 3.45. The summed E-state index contributed by atoms with van der Waals surface area (Å²) in [7, 11) is 2.19. The average Bonchev–Trinajstić information content (AvgIpc) is 2.77. The summed E-state index contributed by atoms with van der Waals surface area (Å²) in [5.74, 6) is 0.824. The predicted molar refractivity (Wildman–Crippen MR) is 66.6 cm³/mol. The molecule has 0 bridgehead atoms. The lowest BCUT2D eigenvalue weighted by molar-refractivity contribution is 0.280. The molecular formula is C11H17ClN2S. The number of halogens is 1. The molecule has 2 nitrogen and oxygen atoms in total. The Hall–Kier alpha value is -0.0900. The van der Waals surface area contributed by atoms with E-state index in [2.05, 4.69) is 23.3 Å². The molecule has 1 aromatic heterocycles. The van der Waals surface area contributed by atoms with E-state index >= 15 is 0 Å². The van der Waals surface area contributed by atoms with Crippen LogP contribution in [0.15, 0.2) is 12.1 Å². The van der Waals surface area contributed by atoms with E-state index in [9.17, 15) is 0 Å². The van der Waals surface area contributed by atoms with E-state index in [-0.39, 0.29) is 0 Å². The third-order valence-electron chi connectivity index (χ3n) is 2.79. The SMILES string of the molecule is CN(Cc1ccc(Cl)s1)CC1CCNC1. The van der Waals surface area contributed by atoms with Gasteiger partial charge in [-0.2, -0.15) is 0 Å². The van der Waals surface area contributed by atoms with Gasteiger partial charge in [0.2, 0.25) is 0 Å². The smallest absolute Gasteiger partial charge is 0.0931 e. The summed E-state index contributed by atoms with van der Waals surface area (Å²) in [5, 5.41) is 3.40. The van der Waals surface area contributed by atoms with Gasteiger partial charge in [0.1, 0.15) is 0 Å². The Morgan fingerprint density at radius 3 is 3.07 bits per heavy atom. The third-order valence-corrected chi connectivity index (χ3v) is 4.00. The number of hydrogen-bond donors (Lipinski definition) is 1. The summed E-state index contributed by atoms with van der Waals surface area (Å²) in [6, 6.07) is 4.10. The van der Waals surface area contributed by atoms with Gasteiger partial charge in [0.25, 0.3) is 0 Å². The molecule has 1 unspecified atom stereocenters. The van der Waals surface area contributed by atoms with Crippen LogP contribution in [-0.4, -0.2) is 31.6 Å². The first-order valence-electron chi connectivity index (χ1n) is 5.37. The van der Waals surface area contributed by atoms with Gasteiger partial charge in [-0.25, -0.2) is 0 Å². The molecule has 0 aliphatic carbocycles. The highest BCUT2D eigenvalue weighted by Crippen LogP contribution is 2.22. The molecule has 1 atom stereocenters. The van der Waals surface area contributed by atoms with Gasteiger partial charge < -0.3 is 10.2 Å². The minimum absolute atomic E-state index is 0.824. The molecule has 0 spiro atoms. The molecule has 1 aliphatic rings. The van der Waals surface area contributed by atoms with E-state index in [0.717, 1.165) is 16.8 Å². The van der Waals surface area contributed by atoms with Crippen molar-refractivity contribution in [3.05, 3.63) is 21.3 Å². The van der Waals surface area contributed by atoms with Crippen molar-refractivity contribution in [2.24, 2.45) is 5.92 Å². The van der Waals surface area contributed by atoms with Crippen molar-refractivity contribution in [3.8, 4) is 0 Å². The highest BCUT2D eigenvalue weighted by Gasteiger charge is 2.16. The van der Waals surface area contributed by atoms with Crippen molar-refractivity contribution in [1.29, 1.82) is 0 Å². The first-order chi connectivity index (χ1) is 7.24. The number of nitrogens with zero attached hydrogens (tertiary/aromatic N) is 1. The molecular weight excluding hydrogens is 228 g/mol. The van der Waals surface area contributed by atoms with Crippen molar-refractivity contribution in [2.75, 3.05) is 26.7 Å². The topological polar surface area (TPSA) is 15.3 Å². The zero-order valence-electron chi connectivity index (χ0n) is 9.00. The van der Waals surface area contributed by atoms with Crippen LogP contribution in [0.5, 0.6) is 0 Å². The Morgan fingerprint density at radius 2 is 2.47 bits per heavy atom. The second-order valence-electron chi connectivity index (χ2n) is 4.26. The maximum Gasteiger partial charge on any atom is 0.0931 e. The van der Waals surface area contributed by atoms with Crippen LogP contribution in [0, 0.1) is 5.92 Å². The summed E-state index contributed by atoms with van der Waals surface area (Å²) in [6.45, 7) is 4.56. The highest BCUT2D eigenvalue weighted by atomic mass is 35.5. The summed E-state index contributed by atoms with van der Waals surface area (Å²) in [5.41, 5.74) is 0. The number of thiophene rings is 1. The minimum Gasteiger partial charge on any atom is -0.316 e. The Kier molecular flexibility index (Phi) is 4.03. The number of nitrogens with one attached hydrogen (secondary N) is 1. The molecule has 84 valence electrons. The van der Waals surface area contributed by atoms with Crippen molar-refractivity contribution < 1.29 is 0 Å². The molecule has 2 rings (SSSR count). The lowest BCUT2D eigenvalue weighted by atomic mass is 10.1. The Morgan fingerprint density at radius 1 is 1.60 bits per heavy atom. The Balaban J connectivity index is 1.78. The maximum absolute atomic E-state index is 5.90. The van der Waals surface area contributed by atoms with Gasteiger partial charge in [0.05, 0.1) is 4.34 Å². The summed E-state index contributed by atoms with van der Waals surface area (Å²) in [4.78, 5) is 3.74. The second-order valence-corrected chi connectivity index (χ2v) is 6.06. The van der Waals surface area contributed by atoms with Crippen molar-refractivity contribution in [2.45, 2.75) is 13.0 Å². The molecule has 1 fully saturated rings. The van der Waals surface area contributed by atoms with Gasteiger partial charge in [0, 0.05) is 18.0 Å². The summed E-state index contributed by atoms with van der Waals surface area (Å²) in [6.07, 6.45) is 1.32. The molecule has 0 saturated carbocycles. The van der Waals surface area contributed by atoms with E-state index in [1.54, 1.807) is 11.3 Å². The molecule has 15 heavy (non-hydrogen) atoms. The quantitative estimate of drug-likeness (QED) is 0.875. The van der Waals surface area contributed by atoms with E-state index < -0.39 is 0 Å². The molecule has 1 aliphatic heterocycles. The van der Waals surface area contributed by atoms with Crippen LogP contribution in [0.2, 0.25) is 4.34 Å². The van der Waals surface area contributed by atoms with Gasteiger partial charge in [-0.3, -0.25) is 0 Å². The monoisotopic (exact) mass is 244 g/mol. The first kappa shape index (κ1) is 11.4. The van der Waals surface area contributed by atoms with Crippen LogP contribution < -0.4 is 5.32 Å². The molecule has 2 heterocycles. The van der Waals surface area contributed by atoms with Crippen LogP contribution in [0.25, 0.3) is 0 Å². The maximum atomic E-state index is 5.90. The van der Waals surface area contributed by atoms with Gasteiger partial charge >= 0.3 is 0 Å². The van der Waals surface area contributed by atoms with E-state index in [0.29, 0.717) is 0 Å². The zero-order valence-corrected chi connectivity index (χ0v) is 10.6. The van der Waals surface area contributed by atoms with E-state index in [1.165, 1.54) is 30.9 Å². The second kappa shape index (κ2) is 5.30. The van der Waals surface area contributed by atoms with Crippen LogP contribution in [0.1, 0.15) is 11.3 Å². The Bertz CT molecular complexity index is 307. The normalized spacial score (nSPS) is 21.4. The molecule has 0 aromatic carbocycles. The molecule has 1 N–H and O–H groups in total. The summed E-state index contributed by atoms with van der Waals surface area (Å²) < 4.78 is 0.890. The van der Waals surface area contributed by atoms with E-state index in [1.807, 2.05) is 6.07 Å². The van der Waals surface area contributed by atoms with E-state index in [4.69, 9.17) is 11.6 Å². The van der Waals surface area contributed by atoms with Crippen molar-refractivity contribution in [3.63, 3.8) is 0 Å². The largest absolute Gasteiger partial charge is 0.316 e. The van der Waals surface area contributed by atoms with Crippen molar-refractivity contribution in [1.82, 2.24) is 10.2 Å². The standard InChI is InChI=1S/C11H17ClN2S/c1-14(7-9-4-5-13-6-9)8-10-2-3-11(12)15-10/h2-3,9,13H,4-8H2,1H3. The average molecular weight is 245 g/mol. The fraction of sp³-hybridized carbons (Fsp3) is 0.636. The fourth-order valence-electron chi connectivity index (χ4n) is 2.08. The van der Waals surface area contributed by atoms with Gasteiger partial charge in [-0.05, 0) is 44.6 Å². The zero-order chi connectivity index (χ0) is 10.7. The summed E-state index contributed by atoms with van der Waals surface area (Å²) >= 11 is 7.59. The van der Waals surface area contributed by atoms with Gasteiger partial charge in [-0.1, -0.05) is 11.6 Å². The lowest BCUT2D eigenvalue weighted by Gasteiger charge is -2.19. The fourth-order valence-corrected chi connectivity index (χ4v) is 3.25.